The van der Waals surface area contributed by atoms with Crippen molar-refractivity contribution in [1.82, 2.24) is 0 Å². The molecule has 1 N–H and O–H groups in total. The van der Waals surface area contributed by atoms with Crippen LogP contribution in [0.15, 0.2) is 0 Å². The molecule has 1 atom stereocenters. The Bertz CT molecular complexity index is 227. The van der Waals surface area contributed by atoms with E-state index in [1.54, 1.807) is 6.92 Å². The van der Waals surface area contributed by atoms with Gasteiger partial charge in [-0.2, -0.15) is 0 Å². The van der Waals surface area contributed by atoms with E-state index in [0.29, 0.717) is 6.42 Å². The Labute approximate surface area is 80.0 Å². The molecule has 0 rings (SSSR count). The van der Waals surface area contributed by atoms with Gasteiger partial charge in [-0.25, -0.2) is 4.57 Å². The van der Waals surface area contributed by atoms with Crippen LogP contribution < -0.4 is 0 Å². The standard InChI is InChI=1S/C9H17O3P/c1-3-5-6-7-8-9-13(10,11)12-4-2/h3-7H2,1-2H3,(H,10,11). The van der Waals surface area contributed by atoms with Crippen molar-refractivity contribution in [3.8, 4) is 11.6 Å². The molecule has 0 heterocycles. The van der Waals surface area contributed by atoms with E-state index in [1.165, 1.54) is 0 Å². The third-order valence-electron chi connectivity index (χ3n) is 1.43. The lowest BCUT2D eigenvalue weighted by atomic mass is 10.2. The molecule has 0 aliphatic rings. The van der Waals surface area contributed by atoms with Gasteiger partial charge in [-0.15, -0.1) is 0 Å². The Balaban J connectivity index is 3.74. The van der Waals surface area contributed by atoms with Gasteiger partial charge in [-0.3, -0.25) is 4.52 Å². The molecule has 76 valence electrons. The second kappa shape index (κ2) is 7.15. The zero-order valence-electron chi connectivity index (χ0n) is 8.25. The molecule has 0 aliphatic carbocycles. The van der Waals surface area contributed by atoms with Crippen molar-refractivity contribution in [3.05, 3.63) is 0 Å². The minimum Gasteiger partial charge on any atom is -0.315 e. The summed E-state index contributed by atoms with van der Waals surface area (Å²) in [5.74, 6) is 2.66. The molecule has 0 saturated carbocycles. The quantitative estimate of drug-likeness (QED) is 0.425. The molecule has 1 unspecified atom stereocenters. The largest absolute Gasteiger partial charge is 0.402 e. The normalized spacial score (nSPS) is 14.4. The molecule has 0 saturated heterocycles. The maximum atomic E-state index is 11.0. The second-order valence-electron chi connectivity index (χ2n) is 2.68. The number of rotatable bonds is 5. The summed E-state index contributed by atoms with van der Waals surface area (Å²) >= 11 is 0. The average molecular weight is 204 g/mol. The topological polar surface area (TPSA) is 46.5 Å². The maximum Gasteiger partial charge on any atom is 0.402 e. The van der Waals surface area contributed by atoms with Crippen LogP contribution in [0.1, 0.15) is 39.5 Å². The van der Waals surface area contributed by atoms with E-state index in [0.717, 1.165) is 19.3 Å². The summed E-state index contributed by atoms with van der Waals surface area (Å²) in [6.07, 6.45) is 3.89. The number of unbranched alkanes of at least 4 members (excludes halogenated alkanes) is 3. The van der Waals surface area contributed by atoms with Crippen LogP contribution in [0.3, 0.4) is 0 Å². The van der Waals surface area contributed by atoms with Crippen molar-refractivity contribution in [2.24, 2.45) is 0 Å². The maximum absolute atomic E-state index is 11.0. The Morgan fingerprint density at radius 1 is 1.38 bits per heavy atom. The molecule has 0 aromatic rings. The molecule has 0 spiro atoms. The average Bonchev–Trinajstić information content (AvgIpc) is 2.04. The zero-order chi connectivity index (χ0) is 10.2. The molecule has 0 aromatic heterocycles. The van der Waals surface area contributed by atoms with Gasteiger partial charge < -0.3 is 4.89 Å². The molecule has 4 heteroatoms. The van der Waals surface area contributed by atoms with E-state index in [-0.39, 0.29) is 6.61 Å². The van der Waals surface area contributed by atoms with Gasteiger partial charge in [0, 0.05) is 12.1 Å². The molecule has 0 amide bonds. The predicted octanol–water partition coefficient (Wildman–Crippen LogP) is 2.75. The molecule has 3 nitrogen and oxygen atoms in total. The van der Waals surface area contributed by atoms with Crippen LogP contribution in [-0.4, -0.2) is 11.5 Å². The highest BCUT2D eigenvalue weighted by Crippen LogP contribution is 2.39. The first-order valence-corrected chi connectivity index (χ1v) is 6.17. The predicted molar refractivity (Wildman–Crippen MR) is 53.4 cm³/mol. The van der Waals surface area contributed by atoms with E-state index < -0.39 is 7.60 Å². The Morgan fingerprint density at radius 3 is 2.62 bits per heavy atom. The van der Waals surface area contributed by atoms with Crippen LogP contribution in [0.25, 0.3) is 0 Å². The summed E-state index contributed by atoms with van der Waals surface area (Å²) in [5.41, 5.74) is 2.26. The fourth-order valence-corrected chi connectivity index (χ4v) is 1.55. The third kappa shape index (κ3) is 8.05. The van der Waals surface area contributed by atoms with Crippen LogP contribution in [0.5, 0.6) is 0 Å². The molecular formula is C9H17O3P. The Morgan fingerprint density at radius 2 is 2.08 bits per heavy atom. The van der Waals surface area contributed by atoms with Gasteiger partial charge >= 0.3 is 7.60 Å². The van der Waals surface area contributed by atoms with Crippen LogP contribution in [0, 0.1) is 11.6 Å². The lowest BCUT2D eigenvalue weighted by Gasteiger charge is -2.00. The lowest BCUT2D eigenvalue weighted by molar-refractivity contribution is 0.285. The highest BCUT2D eigenvalue weighted by atomic mass is 31.2. The van der Waals surface area contributed by atoms with E-state index in [1.807, 2.05) is 0 Å². The van der Waals surface area contributed by atoms with Crippen molar-refractivity contribution in [2.45, 2.75) is 39.5 Å². The summed E-state index contributed by atoms with van der Waals surface area (Å²) in [7, 11) is -3.60. The summed E-state index contributed by atoms with van der Waals surface area (Å²) in [6, 6.07) is 0. The summed E-state index contributed by atoms with van der Waals surface area (Å²) < 4.78 is 15.6. The van der Waals surface area contributed by atoms with Crippen molar-refractivity contribution in [2.75, 3.05) is 6.61 Å². The Kier molecular flexibility index (Phi) is 6.99. The van der Waals surface area contributed by atoms with Crippen molar-refractivity contribution >= 4 is 7.60 Å². The molecule has 0 aliphatic heterocycles. The van der Waals surface area contributed by atoms with Crippen molar-refractivity contribution < 1.29 is 14.0 Å². The summed E-state index contributed by atoms with van der Waals surface area (Å²) in [6.45, 7) is 3.99. The van der Waals surface area contributed by atoms with Gasteiger partial charge in [0.25, 0.3) is 0 Å². The number of hydrogen-bond donors (Lipinski definition) is 1. The molecular weight excluding hydrogens is 187 g/mol. The van der Waals surface area contributed by atoms with Gasteiger partial charge in [0.2, 0.25) is 0 Å². The fraction of sp³-hybridized carbons (Fsp3) is 0.778. The SMILES string of the molecule is CCCCCC#CP(=O)(O)OCC. The van der Waals surface area contributed by atoms with Gasteiger partial charge in [0.1, 0.15) is 0 Å². The highest BCUT2D eigenvalue weighted by molar-refractivity contribution is 7.58. The Hall–Kier alpha value is -0.290. The minimum absolute atomic E-state index is 0.220. The van der Waals surface area contributed by atoms with Crippen molar-refractivity contribution in [1.29, 1.82) is 0 Å². The van der Waals surface area contributed by atoms with E-state index in [9.17, 15) is 4.57 Å². The van der Waals surface area contributed by atoms with Crippen molar-refractivity contribution in [3.63, 3.8) is 0 Å². The zero-order valence-corrected chi connectivity index (χ0v) is 9.14. The third-order valence-corrected chi connectivity index (χ3v) is 2.48. The van der Waals surface area contributed by atoms with Crippen LogP contribution >= 0.6 is 7.60 Å². The van der Waals surface area contributed by atoms with Gasteiger partial charge in [0.15, 0.2) is 0 Å². The van der Waals surface area contributed by atoms with Crippen LogP contribution in [-0.2, 0) is 9.09 Å². The van der Waals surface area contributed by atoms with Gasteiger partial charge in [-0.1, -0.05) is 25.7 Å². The molecule has 0 fully saturated rings. The second-order valence-corrected chi connectivity index (χ2v) is 4.21. The molecule has 0 aromatic carbocycles. The summed E-state index contributed by atoms with van der Waals surface area (Å²) in [4.78, 5) is 9.03. The van der Waals surface area contributed by atoms with Crippen LogP contribution in [0.4, 0.5) is 0 Å². The molecule has 0 radical (unpaired) electrons. The first-order valence-electron chi connectivity index (χ1n) is 4.60. The molecule has 0 bridgehead atoms. The monoisotopic (exact) mass is 204 g/mol. The fourth-order valence-electron chi connectivity index (χ4n) is 0.826. The van der Waals surface area contributed by atoms with E-state index in [2.05, 4.69) is 23.0 Å². The van der Waals surface area contributed by atoms with Gasteiger partial charge in [-0.05, 0) is 13.3 Å². The number of hydrogen-bond acceptors (Lipinski definition) is 2. The molecule has 13 heavy (non-hydrogen) atoms. The van der Waals surface area contributed by atoms with E-state index >= 15 is 0 Å². The van der Waals surface area contributed by atoms with E-state index in [4.69, 9.17) is 4.89 Å². The first-order chi connectivity index (χ1) is 6.12. The van der Waals surface area contributed by atoms with Gasteiger partial charge in [0.05, 0.1) is 6.61 Å². The summed E-state index contributed by atoms with van der Waals surface area (Å²) in [5, 5.41) is 0. The smallest absolute Gasteiger partial charge is 0.315 e. The lowest BCUT2D eigenvalue weighted by Crippen LogP contribution is -1.84. The minimum atomic E-state index is -3.60. The highest BCUT2D eigenvalue weighted by Gasteiger charge is 2.12. The van der Waals surface area contributed by atoms with Crippen LogP contribution in [0.2, 0.25) is 0 Å². The first kappa shape index (κ1) is 12.7.